The summed E-state index contributed by atoms with van der Waals surface area (Å²) in [6, 6.07) is 4.59. The van der Waals surface area contributed by atoms with E-state index in [1.54, 1.807) is 6.07 Å². The van der Waals surface area contributed by atoms with E-state index < -0.39 is 0 Å². The van der Waals surface area contributed by atoms with Gasteiger partial charge in [-0.2, -0.15) is 0 Å². The molecule has 0 saturated carbocycles. The molecule has 0 amide bonds. The van der Waals surface area contributed by atoms with Crippen molar-refractivity contribution < 1.29 is 9.13 Å². The molecule has 1 atom stereocenters. The van der Waals surface area contributed by atoms with Gasteiger partial charge in [-0.15, -0.1) is 12.3 Å². The van der Waals surface area contributed by atoms with Crippen LogP contribution in [0.1, 0.15) is 31.9 Å². The van der Waals surface area contributed by atoms with Gasteiger partial charge in [-0.3, -0.25) is 0 Å². The minimum atomic E-state index is -0.256. The average molecular weight is 235 g/mol. The lowest BCUT2D eigenvalue weighted by atomic mass is 10.1. The van der Waals surface area contributed by atoms with Crippen LogP contribution in [0.25, 0.3) is 0 Å². The van der Waals surface area contributed by atoms with Gasteiger partial charge in [0.25, 0.3) is 0 Å². The largest absolute Gasteiger partial charge is 0.492 e. The van der Waals surface area contributed by atoms with Crippen molar-refractivity contribution in [1.82, 2.24) is 5.32 Å². The molecule has 0 saturated heterocycles. The highest BCUT2D eigenvalue weighted by atomic mass is 19.1. The van der Waals surface area contributed by atoms with E-state index in [2.05, 4.69) is 11.2 Å². The van der Waals surface area contributed by atoms with Crippen molar-refractivity contribution in [3.05, 3.63) is 29.6 Å². The van der Waals surface area contributed by atoms with E-state index in [1.165, 1.54) is 12.1 Å². The number of rotatable bonds is 6. The second-order valence-corrected chi connectivity index (χ2v) is 3.76. The van der Waals surface area contributed by atoms with Crippen molar-refractivity contribution in [2.45, 2.75) is 26.3 Å². The van der Waals surface area contributed by atoms with Crippen molar-refractivity contribution in [2.24, 2.45) is 0 Å². The molecule has 1 unspecified atom stereocenters. The summed E-state index contributed by atoms with van der Waals surface area (Å²) in [6.07, 6.45) is 5.71. The van der Waals surface area contributed by atoms with Gasteiger partial charge in [-0.25, -0.2) is 4.39 Å². The number of halogens is 1. The minimum absolute atomic E-state index is 0.0523. The molecule has 1 N–H and O–H groups in total. The van der Waals surface area contributed by atoms with Gasteiger partial charge in [0.05, 0.1) is 6.61 Å². The predicted molar refractivity (Wildman–Crippen MR) is 67.4 cm³/mol. The number of benzene rings is 1. The highest BCUT2D eigenvalue weighted by Gasteiger charge is 2.11. The zero-order chi connectivity index (χ0) is 12.7. The first-order valence-electron chi connectivity index (χ1n) is 5.78. The molecule has 2 nitrogen and oxygen atoms in total. The number of ether oxygens (including phenoxy) is 1. The second kappa shape index (κ2) is 6.93. The molecule has 1 aromatic rings. The third-order valence-corrected chi connectivity index (χ3v) is 2.45. The average Bonchev–Trinajstić information content (AvgIpc) is 2.31. The molecule has 0 bridgehead atoms. The van der Waals surface area contributed by atoms with Crippen LogP contribution in [-0.4, -0.2) is 13.2 Å². The summed E-state index contributed by atoms with van der Waals surface area (Å²) in [6.45, 7) is 5.26. The maximum Gasteiger partial charge on any atom is 0.124 e. The molecule has 0 fully saturated rings. The van der Waals surface area contributed by atoms with Crippen LogP contribution in [0, 0.1) is 18.2 Å². The topological polar surface area (TPSA) is 21.3 Å². The highest BCUT2D eigenvalue weighted by Crippen LogP contribution is 2.26. The fourth-order valence-corrected chi connectivity index (χ4v) is 1.63. The Morgan fingerprint density at radius 1 is 1.53 bits per heavy atom. The minimum Gasteiger partial charge on any atom is -0.492 e. The van der Waals surface area contributed by atoms with Gasteiger partial charge in [-0.05, 0) is 31.7 Å². The molecule has 0 heterocycles. The first-order chi connectivity index (χ1) is 8.19. The summed E-state index contributed by atoms with van der Waals surface area (Å²) in [7, 11) is 0. The molecule has 1 aromatic carbocycles. The fraction of sp³-hybridized carbons (Fsp3) is 0.429. The molecular weight excluding hydrogens is 217 g/mol. The Hall–Kier alpha value is -1.53. The van der Waals surface area contributed by atoms with Gasteiger partial charge in [0, 0.05) is 18.0 Å². The van der Waals surface area contributed by atoms with Crippen LogP contribution in [-0.2, 0) is 0 Å². The molecule has 0 radical (unpaired) electrons. The molecule has 92 valence electrons. The summed E-state index contributed by atoms with van der Waals surface area (Å²) in [5.74, 6) is 2.94. The van der Waals surface area contributed by atoms with Crippen molar-refractivity contribution in [3.63, 3.8) is 0 Å². The van der Waals surface area contributed by atoms with E-state index in [4.69, 9.17) is 11.2 Å². The molecule has 3 heteroatoms. The van der Waals surface area contributed by atoms with Crippen molar-refractivity contribution in [3.8, 4) is 18.1 Å². The molecule has 1 rings (SSSR count). The second-order valence-electron chi connectivity index (χ2n) is 3.76. The van der Waals surface area contributed by atoms with Gasteiger partial charge < -0.3 is 10.1 Å². The highest BCUT2D eigenvalue weighted by molar-refractivity contribution is 5.36. The molecular formula is C14H18FNO. The van der Waals surface area contributed by atoms with Gasteiger partial charge >= 0.3 is 0 Å². The first-order valence-corrected chi connectivity index (χ1v) is 5.78. The van der Waals surface area contributed by atoms with Crippen LogP contribution in [0.3, 0.4) is 0 Å². The first kappa shape index (κ1) is 13.5. The van der Waals surface area contributed by atoms with E-state index in [0.29, 0.717) is 18.8 Å². The Morgan fingerprint density at radius 3 is 2.94 bits per heavy atom. The molecule has 17 heavy (non-hydrogen) atoms. The zero-order valence-corrected chi connectivity index (χ0v) is 10.3. The van der Waals surface area contributed by atoms with E-state index >= 15 is 0 Å². The Kier molecular flexibility index (Phi) is 5.51. The van der Waals surface area contributed by atoms with E-state index in [0.717, 1.165) is 12.1 Å². The van der Waals surface area contributed by atoms with Crippen molar-refractivity contribution >= 4 is 0 Å². The number of hydrogen-bond donors (Lipinski definition) is 1. The van der Waals surface area contributed by atoms with Crippen LogP contribution < -0.4 is 10.1 Å². The Balaban J connectivity index is 2.84. The summed E-state index contributed by atoms with van der Waals surface area (Å²) < 4.78 is 18.8. The van der Waals surface area contributed by atoms with Crippen LogP contribution >= 0.6 is 0 Å². The molecule has 0 spiro atoms. The van der Waals surface area contributed by atoms with Gasteiger partial charge in [0.1, 0.15) is 11.6 Å². The van der Waals surface area contributed by atoms with Gasteiger partial charge in [0.2, 0.25) is 0 Å². The third-order valence-electron chi connectivity index (χ3n) is 2.45. The van der Waals surface area contributed by atoms with Crippen LogP contribution in [0.2, 0.25) is 0 Å². The summed E-state index contributed by atoms with van der Waals surface area (Å²) in [5.41, 5.74) is 0.823. The van der Waals surface area contributed by atoms with E-state index in [9.17, 15) is 4.39 Å². The normalized spacial score (nSPS) is 11.9. The SMILES string of the molecule is C#CCCOc1ccc(F)cc1C(C)NCC. The lowest BCUT2D eigenvalue weighted by molar-refractivity contribution is 0.319. The molecule has 0 aliphatic rings. The maximum absolute atomic E-state index is 13.2. The fourth-order valence-electron chi connectivity index (χ4n) is 1.63. The Morgan fingerprint density at radius 2 is 2.29 bits per heavy atom. The quantitative estimate of drug-likeness (QED) is 0.604. The number of hydrogen-bond acceptors (Lipinski definition) is 2. The predicted octanol–water partition coefficient (Wildman–Crippen LogP) is 2.90. The summed E-state index contributed by atoms with van der Waals surface area (Å²) in [4.78, 5) is 0. The Labute approximate surface area is 102 Å². The van der Waals surface area contributed by atoms with Crippen molar-refractivity contribution in [1.29, 1.82) is 0 Å². The lowest BCUT2D eigenvalue weighted by Gasteiger charge is -2.17. The molecule has 0 aliphatic heterocycles. The summed E-state index contributed by atoms with van der Waals surface area (Å²) in [5, 5.41) is 3.23. The monoisotopic (exact) mass is 235 g/mol. The van der Waals surface area contributed by atoms with Gasteiger partial charge in [-0.1, -0.05) is 6.92 Å². The van der Waals surface area contributed by atoms with E-state index in [-0.39, 0.29) is 11.9 Å². The molecule has 0 aliphatic carbocycles. The van der Waals surface area contributed by atoms with Crippen LogP contribution in [0.15, 0.2) is 18.2 Å². The van der Waals surface area contributed by atoms with E-state index in [1.807, 2.05) is 13.8 Å². The smallest absolute Gasteiger partial charge is 0.124 e. The summed E-state index contributed by atoms with van der Waals surface area (Å²) >= 11 is 0. The Bertz CT molecular complexity index is 398. The number of terminal acetylenes is 1. The van der Waals surface area contributed by atoms with Crippen LogP contribution in [0.5, 0.6) is 5.75 Å². The van der Waals surface area contributed by atoms with Crippen molar-refractivity contribution in [2.75, 3.05) is 13.2 Å². The third kappa shape index (κ3) is 4.08. The maximum atomic E-state index is 13.2. The molecule has 0 aromatic heterocycles. The zero-order valence-electron chi connectivity index (χ0n) is 10.3. The number of nitrogens with one attached hydrogen (secondary N) is 1. The lowest BCUT2D eigenvalue weighted by Crippen LogP contribution is -2.18. The standard InChI is InChI=1S/C14H18FNO/c1-4-6-9-17-14-8-7-12(15)10-13(14)11(3)16-5-2/h1,7-8,10-11,16H,5-6,9H2,2-3H3. The van der Waals surface area contributed by atoms with Crippen LogP contribution in [0.4, 0.5) is 4.39 Å². The van der Waals surface area contributed by atoms with Gasteiger partial charge in [0.15, 0.2) is 0 Å².